The van der Waals surface area contributed by atoms with Crippen LogP contribution >= 0.6 is 11.8 Å². The molecule has 2 aromatic rings. The number of morpholine rings is 1. The van der Waals surface area contributed by atoms with Crippen LogP contribution in [0.1, 0.15) is 20.3 Å². The summed E-state index contributed by atoms with van der Waals surface area (Å²) in [4.78, 5) is 14.5. The second-order valence-electron chi connectivity index (χ2n) is 6.74. The second-order valence-corrected chi connectivity index (χ2v) is 7.80. The summed E-state index contributed by atoms with van der Waals surface area (Å²) in [5.74, 6) is 1.70. The first-order chi connectivity index (χ1) is 12.0. The molecular formula is C18H24N4O2S. The molecule has 1 aromatic heterocycles. The number of carbonyl (C=O) groups is 1. The zero-order valence-electron chi connectivity index (χ0n) is 14.9. The number of carbonyl (C=O) groups excluding carboxylic acids is 1. The van der Waals surface area contributed by atoms with Crippen molar-refractivity contribution >= 4 is 17.7 Å². The first-order valence-electron chi connectivity index (χ1n) is 8.45. The van der Waals surface area contributed by atoms with Crippen molar-refractivity contribution in [3.05, 3.63) is 30.3 Å². The van der Waals surface area contributed by atoms with Gasteiger partial charge in [0, 0.05) is 31.3 Å². The lowest BCUT2D eigenvalue weighted by molar-refractivity contribution is -0.145. The summed E-state index contributed by atoms with van der Waals surface area (Å²) in [6.07, 6.45) is 0.488. The molecule has 0 spiro atoms. The fourth-order valence-electron chi connectivity index (χ4n) is 2.96. The molecule has 1 saturated heterocycles. The van der Waals surface area contributed by atoms with Crippen LogP contribution in [0, 0.1) is 0 Å². The summed E-state index contributed by atoms with van der Waals surface area (Å²) in [5.41, 5.74) is 0.807. The van der Waals surface area contributed by atoms with E-state index in [1.165, 1.54) is 0 Å². The van der Waals surface area contributed by atoms with Gasteiger partial charge in [0.25, 0.3) is 0 Å². The van der Waals surface area contributed by atoms with Crippen molar-refractivity contribution in [3.63, 3.8) is 0 Å². The van der Waals surface area contributed by atoms with Gasteiger partial charge in [-0.25, -0.2) is 0 Å². The van der Waals surface area contributed by atoms with Gasteiger partial charge >= 0.3 is 0 Å². The molecule has 1 aliphatic rings. The largest absolute Gasteiger partial charge is 0.377 e. The predicted molar refractivity (Wildman–Crippen MR) is 98.4 cm³/mol. The molecule has 0 radical (unpaired) electrons. The van der Waals surface area contributed by atoms with Gasteiger partial charge in [-0.3, -0.25) is 4.79 Å². The standard InChI is InChI=1S/C18H24N4O2S/c1-18(2)13-24-11-10-22(18)15(23)9-12-25-17-20-19-16(21(17)3)14-7-5-4-6-8-14/h4-8H,9-13H2,1-3H3. The monoisotopic (exact) mass is 360 g/mol. The maximum atomic E-state index is 12.5. The third-order valence-corrected chi connectivity index (χ3v) is 5.38. The number of hydrogen-bond acceptors (Lipinski definition) is 5. The van der Waals surface area contributed by atoms with E-state index in [2.05, 4.69) is 10.2 Å². The third-order valence-electron chi connectivity index (χ3n) is 4.36. The van der Waals surface area contributed by atoms with E-state index in [0.717, 1.165) is 16.5 Å². The van der Waals surface area contributed by atoms with Crippen molar-refractivity contribution in [3.8, 4) is 11.4 Å². The van der Waals surface area contributed by atoms with Gasteiger partial charge in [0.15, 0.2) is 11.0 Å². The number of nitrogens with zero attached hydrogens (tertiary/aromatic N) is 4. The second kappa shape index (κ2) is 7.58. The van der Waals surface area contributed by atoms with Gasteiger partial charge in [-0.2, -0.15) is 0 Å². The highest BCUT2D eigenvalue weighted by Crippen LogP contribution is 2.24. The van der Waals surface area contributed by atoms with Crippen molar-refractivity contribution in [1.82, 2.24) is 19.7 Å². The molecule has 0 saturated carbocycles. The smallest absolute Gasteiger partial charge is 0.224 e. The van der Waals surface area contributed by atoms with Crippen LogP contribution in [0.2, 0.25) is 0 Å². The molecule has 0 N–H and O–H groups in total. The SMILES string of the molecule is Cn1c(SCCC(=O)N2CCOCC2(C)C)nnc1-c1ccccc1. The van der Waals surface area contributed by atoms with Gasteiger partial charge in [-0.15, -0.1) is 10.2 Å². The summed E-state index contributed by atoms with van der Waals surface area (Å²) >= 11 is 1.57. The number of aromatic nitrogens is 3. The van der Waals surface area contributed by atoms with E-state index >= 15 is 0 Å². The maximum Gasteiger partial charge on any atom is 0.224 e. The van der Waals surface area contributed by atoms with Crippen molar-refractivity contribution in [2.24, 2.45) is 7.05 Å². The minimum atomic E-state index is -0.231. The third kappa shape index (κ3) is 4.04. The van der Waals surface area contributed by atoms with Crippen molar-refractivity contribution in [2.75, 3.05) is 25.5 Å². The Kier molecular flexibility index (Phi) is 5.44. The minimum Gasteiger partial charge on any atom is -0.377 e. The van der Waals surface area contributed by atoms with E-state index in [-0.39, 0.29) is 11.4 Å². The molecule has 7 heteroatoms. The molecular weight excluding hydrogens is 336 g/mol. The van der Waals surface area contributed by atoms with Crippen LogP contribution in [0.3, 0.4) is 0 Å². The van der Waals surface area contributed by atoms with Gasteiger partial charge in [-0.1, -0.05) is 42.1 Å². The number of benzene rings is 1. The Morgan fingerprint density at radius 3 is 2.76 bits per heavy atom. The average molecular weight is 360 g/mol. The molecule has 0 atom stereocenters. The Morgan fingerprint density at radius 2 is 2.04 bits per heavy atom. The fraction of sp³-hybridized carbons (Fsp3) is 0.500. The molecule has 6 nitrogen and oxygen atoms in total. The lowest BCUT2D eigenvalue weighted by Gasteiger charge is -2.42. The van der Waals surface area contributed by atoms with E-state index in [4.69, 9.17) is 4.74 Å². The van der Waals surface area contributed by atoms with E-state index in [1.54, 1.807) is 11.8 Å². The highest BCUT2D eigenvalue weighted by Gasteiger charge is 2.33. The Morgan fingerprint density at radius 1 is 1.28 bits per heavy atom. The Bertz CT molecular complexity index is 730. The number of hydrogen-bond donors (Lipinski definition) is 0. The summed E-state index contributed by atoms with van der Waals surface area (Å²) < 4.78 is 7.45. The summed E-state index contributed by atoms with van der Waals surface area (Å²) in [7, 11) is 1.96. The molecule has 0 unspecified atom stereocenters. The van der Waals surface area contributed by atoms with Crippen LogP contribution in [0.5, 0.6) is 0 Å². The molecule has 1 aliphatic heterocycles. The first kappa shape index (κ1) is 17.9. The molecule has 0 aliphatic carbocycles. The normalized spacial score (nSPS) is 16.8. The van der Waals surface area contributed by atoms with Crippen molar-refractivity contribution < 1.29 is 9.53 Å². The molecule has 1 fully saturated rings. The molecule has 0 bridgehead atoms. The van der Waals surface area contributed by atoms with Gasteiger partial charge in [0.1, 0.15) is 0 Å². The molecule has 1 amide bonds. The zero-order valence-corrected chi connectivity index (χ0v) is 15.8. The molecule has 25 heavy (non-hydrogen) atoms. The zero-order chi connectivity index (χ0) is 17.9. The number of thioether (sulfide) groups is 1. The lowest BCUT2D eigenvalue weighted by Crippen LogP contribution is -2.55. The summed E-state index contributed by atoms with van der Waals surface area (Å²) in [6, 6.07) is 9.98. The number of rotatable bonds is 5. The highest BCUT2D eigenvalue weighted by molar-refractivity contribution is 7.99. The molecule has 3 rings (SSSR count). The van der Waals surface area contributed by atoms with Crippen molar-refractivity contribution in [2.45, 2.75) is 31.0 Å². The minimum absolute atomic E-state index is 0.172. The quantitative estimate of drug-likeness (QED) is 0.767. The summed E-state index contributed by atoms with van der Waals surface area (Å²) in [6.45, 7) is 5.97. The van der Waals surface area contributed by atoms with Crippen LogP contribution in [-0.4, -0.2) is 56.6 Å². The highest BCUT2D eigenvalue weighted by atomic mass is 32.2. The predicted octanol–water partition coefficient (Wildman–Crippen LogP) is 2.60. The Hall–Kier alpha value is -1.86. The molecule has 134 valence electrons. The maximum absolute atomic E-state index is 12.5. The Labute approximate surface area is 152 Å². The topological polar surface area (TPSA) is 60.2 Å². The molecule has 1 aromatic carbocycles. The number of ether oxygens (including phenoxy) is 1. The van der Waals surface area contributed by atoms with Crippen LogP contribution in [0.25, 0.3) is 11.4 Å². The average Bonchev–Trinajstić information content (AvgIpc) is 2.96. The van der Waals surface area contributed by atoms with E-state index in [0.29, 0.717) is 31.9 Å². The van der Waals surface area contributed by atoms with E-state index in [1.807, 2.05) is 60.7 Å². The fourth-order valence-corrected chi connectivity index (χ4v) is 3.80. The lowest BCUT2D eigenvalue weighted by atomic mass is 10.0. The Balaban J connectivity index is 1.58. The van der Waals surface area contributed by atoms with Gasteiger partial charge < -0.3 is 14.2 Å². The van der Waals surface area contributed by atoms with E-state index in [9.17, 15) is 4.79 Å². The summed E-state index contributed by atoms with van der Waals surface area (Å²) in [5, 5.41) is 9.36. The van der Waals surface area contributed by atoms with Gasteiger partial charge in [0.2, 0.25) is 5.91 Å². The van der Waals surface area contributed by atoms with Crippen LogP contribution in [0.15, 0.2) is 35.5 Å². The number of amides is 1. The first-order valence-corrected chi connectivity index (χ1v) is 9.43. The van der Waals surface area contributed by atoms with Crippen LogP contribution in [-0.2, 0) is 16.6 Å². The van der Waals surface area contributed by atoms with Crippen molar-refractivity contribution in [1.29, 1.82) is 0 Å². The van der Waals surface area contributed by atoms with E-state index < -0.39 is 0 Å². The van der Waals surface area contributed by atoms with Crippen LogP contribution in [0.4, 0.5) is 0 Å². The van der Waals surface area contributed by atoms with Gasteiger partial charge in [0.05, 0.1) is 18.8 Å². The van der Waals surface area contributed by atoms with Gasteiger partial charge in [-0.05, 0) is 13.8 Å². The van der Waals surface area contributed by atoms with Crippen LogP contribution < -0.4 is 0 Å². The molecule has 2 heterocycles.